The molecular formula is C13H15NO3S. The molecule has 1 aliphatic heterocycles. The van der Waals surface area contributed by atoms with Crippen LogP contribution in [0.15, 0.2) is 17.5 Å². The van der Waals surface area contributed by atoms with E-state index in [4.69, 9.17) is 4.74 Å². The van der Waals surface area contributed by atoms with Gasteiger partial charge in [0.05, 0.1) is 6.61 Å². The predicted octanol–water partition coefficient (Wildman–Crippen LogP) is 1.92. The van der Waals surface area contributed by atoms with Crippen LogP contribution in [-0.2, 0) is 9.53 Å². The van der Waals surface area contributed by atoms with Crippen molar-refractivity contribution in [2.24, 2.45) is 5.92 Å². The molecule has 0 N–H and O–H groups in total. The van der Waals surface area contributed by atoms with E-state index in [9.17, 15) is 9.59 Å². The van der Waals surface area contributed by atoms with Gasteiger partial charge < -0.3 is 9.64 Å². The number of carbonyl (C=O) groups is 2. The third kappa shape index (κ3) is 2.41. The first-order valence-electron chi connectivity index (χ1n) is 6.24. The van der Waals surface area contributed by atoms with E-state index < -0.39 is 0 Å². The van der Waals surface area contributed by atoms with Crippen molar-refractivity contribution in [3.8, 4) is 0 Å². The van der Waals surface area contributed by atoms with Crippen LogP contribution in [-0.4, -0.2) is 36.0 Å². The zero-order valence-corrected chi connectivity index (χ0v) is 10.8. The van der Waals surface area contributed by atoms with Crippen molar-refractivity contribution < 1.29 is 14.3 Å². The Bertz CT molecular complexity index is 453. The molecule has 1 atom stereocenters. The number of hydrogen-bond acceptors (Lipinski definition) is 4. The fourth-order valence-electron chi connectivity index (χ4n) is 2.32. The highest BCUT2D eigenvalue weighted by Gasteiger charge is 2.39. The Balaban J connectivity index is 1.49. The van der Waals surface area contributed by atoms with Crippen molar-refractivity contribution in [1.82, 2.24) is 4.90 Å². The topological polar surface area (TPSA) is 46.6 Å². The van der Waals surface area contributed by atoms with Gasteiger partial charge in [0.15, 0.2) is 0 Å². The molecule has 1 aromatic heterocycles. The molecule has 4 nitrogen and oxygen atoms in total. The number of likely N-dealkylation sites (tertiary alicyclic amines) is 1. The van der Waals surface area contributed by atoms with Crippen LogP contribution in [0.5, 0.6) is 0 Å². The second kappa shape index (κ2) is 4.72. The van der Waals surface area contributed by atoms with Crippen molar-refractivity contribution in [3.05, 3.63) is 22.4 Å². The highest BCUT2D eigenvalue weighted by atomic mass is 32.1. The summed E-state index contributed by atoms with van der Waals surface area (Å²) in [6.07, 6.45) is 2.79. The number of esters is 1. The standard InChI is InChI=1S/C13H15NO3S/c15-12-6-9(7-14(12)10-3-4-10)8-17-13(16)11-2-1-5-18-11/h1-2,5,9-10H,3-4,6-8H2/t9-/m0/s1. The highest BCUT2D eigenvalue weighted by Crippen LogP contribution is 2.32. The number of hydrogen-bond donors (Lipinski definition) is 0. The molecule has 0 spiro atoms. The van der Waals surface area contributed by atoms with Crippen LogP contribution < -0.4 is 0 Å². The minimum Gasteiger partial charge on any atom is -0.461 e. The molecule has 1 aromatic rings. The molecule has 1 amide bonds. The summed E-state index contributed by atoms with van der Waals surface area (Å²) in [4.78, 5) is 26.0. The number of carbonyl (C=O) groups excluding carboxylic acids is 2. The molecule has 0 unspecified atom stereocenters. The number of nitrogens with zero attached hydrogens (tertiary/aromatic N) is 1. The van der Waals surface area contributed by atoms with E-state index in [0.717, 1.165) is 19.4 Å². The zero-order valence-electron chi connectivity index (χ0n) is 10.0. The van der Waals surface area contributed by atoms with Crippen molar-refractivity contribution in [1.29, 1.82) is 0 Å². The van der Waals surface area contributed by atoms with Crippen LogP contribution in [0.4, 0.5) is 0 Å². The Labute approximate surface area is 110 Å². The molecule has 5 heteroatoms. The minimum absolute atomic E-state index is 0.169. The summed E-state index contributed by atoms with van der Waals surface area (Å²) >= 11 is 1.38. The maximum absolute atomic E-state index is 11.7. The molecule has 2 aliphatic rings. The maximum atomic E-state index is 11.7. The quantitative estimate of drug-likeness (QED) is 0.781. The third-order valence-corrected chi connectivity index (χ3v) is 4.25. The third-order valence-electron chi connectivity index (χ3n) is 3.40. The molecule has 2 fully saturated rings. The van der Waals surface area contributed by atoms with Gasteiger partial charge in [-0.3, -0.25) is 4.79 Å². The minimum atomic E-state index is -0.276. The fraction of sp³-hybridized carbons (Fsp3) is 0.538. The van der Waals surface area contributed by atoms with Crippen LogP contribution in [0.2, 0.25) is 0 Å². The lowest BCUT2D eigenvalue weighted by atomic mass is 10.1. The Morgan fingerprint density at radius 1 is 1.50 bits per heavy atom. The Hall–Kier alpha value is -1.36. The predicted molar refractivity (Wildman–Crippen MR) is 67.4 cm³/mol. The molecule has 3 rings (SSSR count). The van der Waals surface area contributed by atoms with Crippen LogP contribution in [0.3, 0.4) is 0 Å². The molecule has 1 aliphatic carbocycles. The monoisotopic (exact) mass is 265 g/mol. The zero-order chi connectivity index (χ0) is 12.5. The van der Waals surface area contributed by atoms with Crippen LogP contribution in [0.1, 0.15) is 28.9 Å². The lowest BCUT2D eigenvalue weighted by molar-refractivity contribution is -0.128. The first kappa shape index (κ1) is 11.7. The van der Waals surface area contributed by atoms with Crippen LogP contribution in [0.25, 0.3) is 0 Å². The summed E-state index contributed by atoms with van der Waals surface area (Å²) < 4.78 is 5.26. The van der Waals surface area contributed by atoms with E-state index in [1.54, 1.807) is 6.07 Å². The largest absolute Gasteiger partial charge is 0.461 e. The van der Waals surface area contributed by atoms with Gasteiger partial charge in [-0.25, -0.2) is 4.79 Å². The molecule has 0 radical (unpaired) electrons. The Morgan fingerprint density at radius 2 is 2.33 bits per heavy atom. The van der Waals surface area contributed by atoms with E-state index in [0.29, 0.717) is 23.9 Å². The number of thiophene rings is 1. The lowest BCUT2D eigenvalue weighted by Crippen LogP contribution is -2.27. The summed E-state index contributed by atoms with van der Waals surface area (Å²) in [6, 6.07) is 4.05. The van der Waals surface area contributed by atoms with Crippen molar-refractivity contribution in [2.75, 3.05) is 13.2 Å². The smallest absolute Gasteiger partial charge is 0.348 e. The van der Waals surface area contributed by atoms with Crippen LogP contribution >= 0.6 is 11.3 Å². The number of rotatable bonds is 4. The highest BCUT2D eigenvalue weighted by molar-refractivity contribution is 7.11. The summed E-state index contributed by atoms with van der Waals surface area (Å²) in [5, 5.41) is 1.85. The first-order chi connectivity index (χ1) is 8.74. The molecule has 0 bridgehead atoms. The Morgan fingerprint density at radius 3 is 3.00 bits per heavy atom. The van der Waals surface area contributed by atoms with E-state index in [-0.39, 0.29) is 17.8 Å². The first-order valence-corrected chi connectivity index (χ1v) is 7.12. The average molecular weight is 265 g/mol. The van der Waals surface area contributed by atoms with E-state index in [2.05, 4.69) is 0 Å². The lowest BCUT2D eigenvalue weighted by Gasteiger charge is -2.15. The SMILES string of the molecule is O=C(OC[C@H]1CC(=O)N(C2CC2)C1)c1cccs1. The van der Waals surface area contributed by atoms with Gasteiger partial charge in [-0.15, -0.1) is 11.3 Å². The second-order valence-corrected chi connectivity index (χ2v) is 5.87. The van der Waals surface area contributed by atoms with Crippen molar-refractivity contribution >= 4 is 23.2 Å². The van der Waals surface area contributed by atoms with E-state index in [1.807, 2.05) is 16.3 Å². The molecule has 18 heavy (non-hydrogen) atoms. The van der Waals surface area contributed by atoms with Gasteiger partial charge in [0.25, 0.3) is 0 Å². The summed E-state index contributed by atoms with van der Waals surface area (Å²) in [6.45, 7) is 1.10. The molecule has 1 saturated carbocycles. The van der Waals surface area contributed by atoms with Gasteiger partial charge in [0, 0.05) is 24.9 Å². The van der Waals surface area contributed by atoms with E-state index in [1.165, 1.54) is 11.3 Å². The van der Waals surface area contributed by atoms with Crippen molar-refractivity contribution in [2.45, 2.75) is 25.3 Å². The summed E-state index contributed by atoms with van der Waals surface area (Å²) in [5.41, 5.74) is 0. The average Bonchev–Trinajstić information content (AvgIpc) is 2.91. The summed E-state index contributed by atoms with van der Waals surface area (Å²) in [7, 11) is 0. The normalized spacial score (nSPS) is 23.4. The number of amides is 1. The molecular weight excluding hydrogens is 250 g/mol. The van der Waals surface area contributed by atoms with Gasteiger partial charge >= 0.3 is 5.97 Å². The number of ether oxygens (including phenoxy) is 1. The summed E-state index contributed by atoms with van der Waals surface area (Å²) in [5.74, 6) is 0.110. The van der Waals surface area contributed by atoms with Crippen LogP contribution in [0, 0.1) is 5.92 Å². The van der Waals surface area contributed by atoms with Gasteiger partial charge in [-0.2, -0.15) is 0 Å². The Kier molecular flexibility index (Phi) is 3.07. The molecule has 2 heterocycles. The van der Waals surface area contributed by atoms with Gasteiger partial charge in [0.2, 0.25) is 5.91 Å². The van der Waals surface area contributed by atoms with Gasteiger partial charge in [-0.05, 0) is 24.3 Å². The maximum Gasteiger partial charge on any atom is 0.348 e. The second-order valence-electron chi connectivity index (χ2n) is 4.92. The fourth-order valence-corrected chi connectivity index (χ4v) is 2.93. The van der Waals surface area contributed by atoms with Gasteiger partial charge in [-0.1, -0.05) is 6.07 Å². The van der Waals surface area contributed by atoms with E-state index >= 15 is 0 Å². The van der Waals surface area contributed by atoms with Gasteiger partial charge in [0.1, 0.15) is 4.88 Å². The molecule has 1 saturated heterocycles. The molecule has 0 aromatic carbocycles. The van der Waals surface area contributed by atoms with Crippen molar-refractivity contribution in [3.63, 3.8) is 0 Å². The molecule has 96 valence electrons.